The van der Waals surface area contributed by atoms with Gasteiger partial charge in [-0.1, -0.05) is 51.2 Å². The van der Waals surface area contributed by atoms with Crippen LogP contribution in [0.5, 0.6) is 0 Å². The molecule has 0 fully saturated rings. The van der Waals surface area contributed by atoms with Crippen molar-refractivity contribution in [1.82, 2.24) is 0 Å². The van der Waals surface area contributed by atoms with Crippen LogP contribution in [-0.2, 0) is 0 Å². The van der Waals surface area contributed by atoms with Gasteiger partial charge in [-0.05, 0) is 55.5 Å². The lowest BCUT2D eigenvalue weighted by Crippen LogP contribution is -2.11. The second-order valence-corrected chi connectivity index (χ2v) is 6.15. The number of nitrogens with zero attached hydrogens (tertiary/aromatic N) is 1. The van der Waals surface area contributed by atoms with Crippen LogP contribution in [0.1, 0.15) is 5.56 Å². The fourth-order valence-electron chi connectivity index (χ4n) is 2.35. The van der Waals surface area contributed by atoms with Gasteiger partial charge in [-0.2, -0.15) is 0 Å². The summed E-state index contributed by atoms with van der Waals surface area (Å²) in [5.74, 6) is 0. The zero-order chi connectivity index (χ0) is 15.5. The second-order valence-electron chi connectivity index (χ2n) is 5.24. The van der Waals surface area contributed by atoms with Gasteiger partial charge in [0.1, 0.15) is 7.85 Å². The molecule has 0 aliphatic rings. The van der Waals surface area contributed by atoms with Crippen molar-refractivity contribution in [1.29, 1.82) is 0 Å². The van der Waals surface area contributed by atoms with Crippen molar-refractivity contribution in [3.63, 3.8) is 0 Å². The maximum atomic E-state index is 5.82. The van der Waals surface area contributed by atoms with Crippen LogP contribution in [0.4, 0.5) is 17.1 Å². The van der Waals surface area contributed by atoms with E-state index in [1.807, 2.05) is 36.4 Å². The van der Waals surface area contributed by atoms with Crippen molar-refractivity contribution < 1.29 is 0 Å². The summed E-state index contributed by atoms with van der Waals surface area (Å²) < 4.78 is 1.07. The van der Waals surface area contributed by atoms with Crippen LogP contribution < -0.4 is 10.4 Å². The zero-order valence-corrected chi connectivity index (χ0v) is 13.9. The molecule has 106 valence electrons. The Kier molecular flexibility index (Phi) is 4.35. The van der Waals surface area contributed by atoms with Gasteiger partial charge in [0.05, 0.1) is 0 Å². The molecule has 2 radical (unpaired) electrons. The molecule has 0 aliphatic carbocycles. The second kappa shape index (κ2) is 6.41. The van der Waals surface area contributed by atoms with E-state index in [1.54, 1.807) is 0 Å². The molecule has 1 nitrogen and oxygen atoms in total. The van der Waals surface area contributed by atoms with Crippen LogP contribution in [0.25, 0.3) is 0 Å². The van der Waals surface area contributed by atoms with Crippen LogP contribution in [0.3, 0.4) is 0 Å². The number of aryl methyl sites for hydroxylation is 1. The number of hydrogen-bond donors (Lipinski definition) is 0. The average molecular weight is 348 g/mol. The van der Waals surface area contributed by atoms with E-state index in [-0.39, 0.29) is 0 Å². The Hall–Kier alpha value is -2.00. The molecule has 0 aliphatic heterocycles. The number of halogens is 1. The number of benzene rings is 3. The summed E-state index contributed by atoms with van der Waals surface area (Å²) >= 11 is 3.49. The summed E-state index contributed by atoms with van der Waals surface area (Å²) in [6.07, 6.45) is 0. The first-order chi connectivity index (χ1) is 10.6. The normalized spacial score (nSPS) is 10.5. The van der Waals surface area contributed by atoms with Gasteiger partial charge >= 0.3 is 0 Å². The Morgan fingerprint density at radius 3 is 1.59 bits per heavy atom. The summed E-state index contributed by atoms with van der Waals surface area (Å²) in [5.41, 5.74) is 5.33. The van der Waals surface area contributed by atoms with Gasteiger partial charge < -0.3 is 4.90 Å². The molecule has 3 rings (SSSR count). The molecule has 22 heavy (non-hydrogen) atoms. The monoisotopic (exact) mass is 347 g/mol. The Morgan fingerprint density at radius 1 is 0.682 bits per heavy atom. The third kappa shape index (κ3) is 3.25. The maximum absolute atomic E-state index is 5.82. The van der Waals surface area contributed by atoms with Crippen LogP contribution in [0, 0.1) is 6.92 Å². The van der Waals surface area contributed by atoms with Gasteiger partial charge in [0.2, 0.25) is 0 Å². The molecular formula is C19H15BBrN. The van der Waals surface area contributed by atoms with Crippen molar-refractivity contribution in [2.24, 2.45) is 0 Å². The molecule has 0 saturated carbocycles. The van der Waals surface area contributed by atoms with Crippen LogP contribution in [-0.4, -0.2) is 7.85 Å². The van der Waals surface area contributed by atoms with E-state index in [1.165, 1.54) is 5.56 Å². The topological polar surface area (TPSA) is 3.24 Å². The Labute approximate surface area is 141 Å². The minimum Gasteiger partial charge on any atom is -0.311 e. The Bertz CT molecular complexity index is 641. The number of anilines is 3. The van der Waals surface area contributed by atoms with Crippen molar-refractivity contribution in [2.75, 3.05) is 4.90 Å². The highest BCUT2D eigenvalue weighted by molar-refractivity contribution is 9.10. The first kappa shape index (κ1) is 14.9. The molecule has 0 heterocycles. The molecule has 3 aromatic carbocycles. The molecule has 0 N–H and O–H groups in total. The predicted molar refractivity (Wildman–Crippen MR) is 99.0 cm³/mol. The fourth-order valence-corrected chi connectivity index (χ4v) is 2.62. The third-order valence-corrected chi connectivity index (χ3v) is 4.06. The molecule has 0 saturated heterocycles. The minimum absolute atomic E-state index is 0.767. The lowest BCUT2D eigenvalue weighted by atomic mass is 9.96. The zero-order valence-electron chi connectivity index (χ0n) is 12.3. The van der Waals surface area contributed by atoms with Gasteiger partial charge in [0, 0.05) is 21.5 Å². The van der Waals surface area contributed by atoms with E-state index in [9.17, 15) is 0 Å². The average Bonchev–Trinajstić information content (AvgIpc) is 2.53. The van der Waals surface area contributed by atoms with E-state index in [4.69, 9.17) is 7.85 Å². The molecule has 0 spiro atoms. The van der Waals surface area contributed by atoms with Crippen molar-refractivity contribution in [3.05, 3.63) is 82.8 Å². The Balaban J connectivity index is 2.10. The highest BCUT2D eigenvalue weighted by Gasteiger charge is 2.11. The van der Waals surface area contributed by atoms with E-state index >= 15 is 0 Å². The van der Waals surface area contributed by atoms with Gasteiger partial charge in [0.25, 0.3) is 0 Å². The lowest BCUT2D eigenvalue weighted by molar-refractivity contribution is 1.27. The number of rotatable bonds is 3. The van der Waals surface area contributed by atoms with Crippen LogP contribution in [0.2, 0.25) is 0 Å². The van der Waals surface area contributed by atoms with Crippen molar-refractivity contribution in [2.45, 2.75) is 6.92 Å². The van der Waals surface area contributed by atoms with E-state index in [0.717, 1.165) is 27.0 Å². The summed E-state index contributed by atoms with van der Waals surface area (Å²) in [7, 11) is 5.82. The van der Waals surface area contributed by atoms with E-state index in [0.29, 0.717) is 0 Å². The summed E-state index contributed by atoms with van der Waals surface area (Å²) in [5, 5.41) is 0. The highest BCUT2D eigenvalue weighted by atomic mass is 79.9. The molecule has 3 aromatic rings. The first-order valence-corrected chi connectivity index (χ1v) is 7.91. The fraction of sp³-hybridized carbons (Fsp3) is 0.0526. The molecule has 0 bridgehead atoms. The smallest absolute Gasteiger partial charge is 0.113 e. The molecule has 0 amide bonds. The summed E-state index contributed by atoms with van der Waals surface area (Å²) in [6, 6.07) is 24.7. The molecule has 0 atom stereocenters. The van der Waals surface area contributed by atoms with Gasteiger partial charge in [-0.15, -0.1) is 0 Å². The quantitative estimate of drug-likeness (QED) is 0.601. The molecule has 0 aromatic heterocycles. The standard InChI is InChI=1S/C19H15BBrN/c1-14-2-8-17(9-3-14)22(18-10-4-15(20)5-11-18)19-12-6-16(21)7-13-19/h2-13H,1H3. The van der Waals surface area contributed by atoms with Crippen LogP contribution in [0.15, 0.2) is 77.3 Å². The van der Waals surface area contributed by atoms with E-state index in [2.05, 4.69) is 64.2 Å². The summed E-state index contributed by atoms with van der Waals surface area (Å²) in [6.45, 7) is 2.09. The minimum atomic E-state index is 0.767. The third-order valence-electron chi connectivity index (χ3n) is 3.53. The number of hydrogen-bond acceptors (Lipinski definition) is 1. The molecule has 3 heteroatoms. The van der Waals surface area contributed by atoms with Crippen LogP contribution >= 0.6 is 15.9 Å². The molecular weight excluding hydrogens is 333 g/mol. The predicted octanol–water partition coefficient (Wildman–Crippen LogP) is 5.02. The van der Waals surface area contributed by atoms with Gasteiger partial charge in [-0.3, -0.25) is 0 Å². The van der Waals surface area contributed by atoms with Crippen molar-refractivity contribution >= 4 is 46.3 Å². The largest absolute Gasteiger partial charge is 0.311 e. The molecule has 0 unspecified atom stereocenters. The lowest BCUT2D eigenvalue weighted by Gasteiger charge is -2.25. The maximum Gasteiger partial charge on any atom is 0.113 e. The SMILES string of the molecule is [B]c1ccc(N(c2ccc(C)cc2)c2ccc(Br)cc2)cc1. The van der Waals surface area contributed by atoms with E-state index < -0.39 is 0 Å². The Morgan fingerprint density at radius 2 is 1.09 bits per heavy atom. The summed E-state index contributed by atoms with van der Waals surface area (Å²) in [4.78, 5) is 2.21. The van der Waals surface area contributed by atoms with Crippen molar-refractivity contribution in [3.8, 4) is 0 Å². The van der Waals surface area contributed by atoms with Gasteiger partial charge in [0.15, 0.2) is 0 Å². The first-order valence-electron chi connectivity index (χ1n) is 7.11. The highest BCUT2D eigenvalue weighted by Crippen LogP contribution is 2.34. The van der Waals surface area contributed by atoms with Gasteiger partial charge in [-0.25, -0.2) is 0 Å².